The van der Waals surface area contributed by atoms with Crippen LogP contribution < -0.4 is 0 Å². The molecule has 13 heavy (non-hydrogen) atoms. The van der Waals surface area contributed by atoms with Gasteiger partial charge in [-0.1, -0.05) is 17.7 Å². The predicted molar refractivity (Wildman–Crippen MR) is 54.3 cm³/mol. The van der Waals surface area contributed by atoms with Crippen LogP contribution >= 0.6 is 0 Å². The van der Waals surface area contributed by atoms with Crippen molar-refractivity contribution in [1.82, 2.24) is 0 Å². The van der Waals surface area contributed by atoms with Crippen LogP contribution in [0.2, 0.25) is 0 Å². The second-order valence-corrected chi connectivity index (χ2v) is 2.87. The van der Waals surface area contributed by atoms with Gasteiger partial charge >= 0.3 is 5.97 Å². The molecule has 0 rings (SSSR count). The van der Waals surface area contributed by atoms with Gasteiger partial charge < -0.3 is 4.74 Å². The second kappa shape index (κ2) is 6.23. The summed E-state index contributed by atoms with van der Waals surface area (Å²) in [5.74, 6) is -0.332. The highest BCUT2D eigenvalue weighted by Crippen LogP contribution is 2.03. The molecule has 0 amide bonds. The topological polar surface area (TPSA) is 26.3 Å². The summed E-state index contributed by atoms with van der Waals surface area (Å²) in [7, 11) is 1.36. The Balaban J connectivity index is 4.40. The highest BCUT2D eigenvalue weighted by molar-refractivity contribution is 5.82. The van der Waals surface area contributed by atoms with Crippen molar-refractivity contribution in [2.24, 2.45) is 0 Å². The normalized spacial score (nSPS) is 11.5. The van der Waals surface area contributed by atoms with Crippen molar-refractivity contribution in [1.29, 1.82) is 0 Å². The van der Waals surface area contributed by atoms with Crippen molar-refractivity contribution in [3.05, 3.63) is 35.5 Å². The summed E-state index contributed by atoms with van der Waals surface area (Å²) in [6, 6.07) is 0. The van der Waals surface area contributed by atoms with Gasteiger partial charge in [0.05, 0.1) is 7.11 Å². The summed E-state index contributed by atoms with van der Waals surface area (Å²) in [6.07, 6.45) is 7.08. The van der Waals surface area contributed by atoms with Crippen LogP contribution in [0.25, 0.3) is 0 Å². The van der Waals surface area contributed by atoms with Crippen LogP contribution in [0.5, 0.6) is 0 Å². The van der Waals surface area contributed by atoms with Crippen molar-refractivity contribution < 1.29 is 9.53 Å². The first-order valence-corrected chi connectivity index (χ1v) is 4.17. The van der Waals surface area contributed by atoms with Crippen LogP contribution in [0.15, 0.2) is 35.5 Å². The number of carbonyl (C=O) groups is 1. The van der Waals surface area contributed by atoms with Crippen LogP contribution in [0.3, 0.4) is 0 Å². The maximum absolute atomic E-state index is 10.8. The minimum Gasteiger partial charge on any atom is -0.466 e. The molecule has 0 aliphatic carbocycles. The summed E-state index contributed by atoms with van der Waals surface area (Å²) in [6.45, 7) is 5.95. The van der Waals surface area contributed by atoms with Gasteiger partial charge in [0, 0.05) is 6.08 Å². The van der Waals surface area contributed by atoms with Gasteiger partial charge in [0.15, 0.2) is 0 Å². The second-order valence-electron chi connectivity index (χ2n) is 2.87. The summed E-state index contributed by atoms with van der Waals surface area (Å²) in [5.41, 5.74) is 2.20. The van der Waals surface area contributed by atoms with Crippen LogP contribution in [0.1, 0.15) is 20.8 Å². The fourth-order valence-electron chi connectivity index (χ4n) is 0.793. The van der Waals surface area contributed by atoms with E-state index in [1.165, 1.54) is 18.8 Å². The van der Waals surface area contributed by atoms with E-state index in [1.54, 1.807) is 6.08 Å². The Labute approximate surface area is 79.6 Å². The molecule has 2 heteroatoms. The predicted octanol–water partition coefficient (Wildman–Crippen LogP) is 2.63. The lowest BCUT2D eigenvalue weighted by Gasteiger charge is -1.94. The number of methoxy groups -OCH3 is 1. The van der Waals surface area contributed by atoms with Crippen molar-refractivity contribution in [3.8, 4) is 0 Å². The summed E-state index contributed by atoms with van der Waals surface area (Å²) in [5, 5.41) is 0. The molecule has 0 aliphatic rings. The fraction of sp³-hybridized carbons (Fsp3) is 0.364. The van der Waals surface area contributed by atoms with E-state index in [4.69, 9.17) is 0 Å². The highest BCUT2D eigenvalue weighted by atomic mass is 16.5. The molecule has 0 saturated heterocycles. The van der Waals surface area contributed by atoms with E-state index >= 15 is 0 Å². The largest absolute Gasteiger partial charge is 0.466 e. The molecule has 0 radical (unpaired) electrons. The SMILES string of the molecule is CC=C(C=CC(=O)OC)C=C(C)C. The number of carbonyl (C=O) groups excluding carboxylic acids is 1. The van der Waals surface area contributed by atoms with E-state index in [1.807, 2.05) is 32.9 Å². The number of ether oxygens (including phenoxy) is 1. The van der Waals surface area contributed by atoms with Gasteiger partial charge in [-0.25, -0.2) is 4.79 Å². The number of esters is 1. The number of hydrogen-bond acceptors (Lipinski definition) is 2. The third-order valence-electron chi connectivity index (χ3n) is 1.40. The highest BCUT2D eigenvalue weighted by Gasteiger charge is 1.91. The minimum absolute atomic E-state index is 0.332. The Morgan fingerprint density at radius 1 is 1.23 bits per heavy atom. The van der Waals surface area contributed by atoms with E-state index < -0.39 is 0 Å². The maximum atomic E-state index is 10.8. The van der Waals surface area contributed by atoms with Gasteiger partial charge in [-0.2, -0.15) is 0 Å². The molecule has 0 spiro atoms. The van der Waals surface area contributed by atoms with Crippen LogP contribution in [-0.2, 0) is 9.53 Å². The van der Waals surface area contributed by atoms with Gasteiger partial charge in [-0.3, -0.25) is 0 Å². The molecule has 72 valence electrons. The first-order valence-electron chi connectivity index (χ1n) is 4.17. The fourth-order valence-corrected chi connectivity index (χ4v) is 0.793. The van der Waals surface area contributed by atoms with Gasteiger partial charge in [0.2, 0.25) is 0 Å². The van der Waals surface area contributed by atoms with E-state index in [2.05, 4.69) is 4.74 Å². The number of allylic oxidation sites excluding steroid dienone is 5. The van der Waals surface area contributed by atoms with Gasteiger partial charge in [-0.15, -0.1) is 0 Å². The third-order valence-corrected chi connectivity index (χ3v) is 1.40. The van der Waals surface area contributed by atoms with Crippen molar-refractivity contribution in [2.75, 3.05) is 7.11 Å². The van der Waals surface area contributed by atoms with Crippen molar-refractivity contribution in [2.45, 2.75) is 20.8 Å². The average molecular weight is 180 g/mol. The lowest BCUT2D eigenvalue weighted by molar-refractivity contribution is -0.134. The summed E-state index contributed by atoms with van der Waals surface area (Å²) in [4.78, 5) is 10.8. The average Bonchev–Trinajstić information content (AvgIpc) is 2.10. The molecule has 0 saturated carbocycles. The lowest BCUT2D eigenvalue weighted by Crippen LogP contribution is -1.93. The summed E-state index contributed by atoms with van der Waals surface area (Å²) < 4.78 is 4.48. The molecule has 0 heterocycles. The Morgan fingerprint density at radius 3 is 2.23 bits per heavy atom. The van der Waals surface area contributed by atoms with Gasteiger partial charge in [-0.05, 0) is 32.4 Å². The zero-order valence-corrected chi connectivity index (χ0v) is 8.63. The lowest BCUT2D eigenvalue weighted by atomic mass is 10.1. The monoisotopic (exact) mass is 180 g/mol. The number of rotatable bonds is 3. The van der Waals surface area contributed by atoms with E-state index in [0.717, 1.165) is 5.57 Å². The zero-order valence-electron chi connectivity index (χ0n) is 8.63. The van der Waals surface area contributed by atoms with Crippen LogP contribution in [0, 0.1) is 0 Å². The Morgan fingerprint density at radius 2 is 1.85 bits per heavy atom. The molecule has 0 bridgehead atoms. The quantitative estimate of drug-likeness (QED) is 0.379. The first-order chi connectivity index (χ1) is 6.10. The first kappa shape index (κ1) is 11.7. The summed E-state index contributed by atoms with van der Waals surface area (Å²) >= 11 is 0. The van der Waals surface area contributed by atoms with Crippen LogP contribution in [-0.4, -0.2) is 13.1 Å². The molecular formula is C11H16O2. The van der Waals surface area contributed by atoms with E-state index in [0.29, 0.717) is 0 Å². The van der Waals surface area contributed by atoms with Crippen LogP contribution in [0.4, 0.5) is 0 Å². The Kier molecular flexibility index (Phi) is 5.60. The zero-order chi connectivity index (χ0) is 10.3. The minimum atomic E-state index is -0.332. The molecule has 0 aliphatic heterocycles. The molecule has 0 aromatic heterocycles. The standard InChI is InChI=1S/C11H16O2/c1-5-10(8-9(2)3)6-7-11(12)13-4/h5-8H,1-4H3. The van der Waals surface area contributed by atoms with E-state index in [9.17, 15) is 4.79 Å². The number of hydrogen-bond donors (Lipinski definition) is 0. The van der Waals surface area contributed by atoms with Crippen molar-refractivity contribution >= 4 is 5.97 Å². The molecule has 0 atom stereocenters. The molecule has 0 aromatic carbocycles. The smallest absolute Gasteiger partial charge is 0.330 e. The molecule has 0 fully saturated rings. The molecule has 0 aromatic rings. The molecular weight excluding hydrogens is 164 g/mol. The van der Waals surface area contributed by atoms with Gasteiger partial charge in [0.25, 0.3) is 0 Å². The Hall–Kier alpha value is -1.31. The van der Waals surface area contributed by atoms with Gasteiger partial charge in [0.1, 0.15) is 0 Å². The van der Waals surface area contributed by atoms with Crippen molar-refractivity contribution in [3.63, 3.8) is 0 Å². The third kappa shape index (κ3) is 5.91. The molecule has 2 nitrogen and oxygen atoms in total. The molecule has 0 N–H and O–H groups in total. The maximum Gasteiger partial charge on any atom is 0.330 e. The Bertz CT molecular complexity index is 253. The molecule has 0 unspecified atom stereocenters. The van der Waals surface area contributed by atoms with E-state index in [-0.39, 0.29) is 5.97 Å².